The highest BCUT2D eigenvalue weighted by atomic mass is 32.2. The molecule has 0 bridgehead atoms. The van der Waals surface area contributed by atoms with Crippen LogP contribution >= 0.6 is 0 Å². The van der Waals surface area contributed by atoms with Crippen molar-refractivity contribution in [2.45, 2.75) is 56.9 Å². The predicted molar refractivity (Wildman–Crippen MR) is 112 cm³/mol. The molecule has 29 heavy (non-hydrogen) atoms. The average Bonchev–Trinajstić information content (AvgIpc) is 2.71. The number of sulfonamides is 1. The smallest absolute Gasteiger partial charge is 0.255 e. The van der Waals surface area contributed by atoms with Gasteiger partial charge in [0.15, 0.2) is 0 Å². The van der Waals surface area contributed by atoms with Crippen molar-refractivity contribution in [3.8, 4) is 0 Å². The summed E-state index contributed by atoms with van der Waals surface area (Å²) in [7, 11) is -3.73. The van der Waals surface area contributed by atoms with E-state index in [9.17, 15) is 17.6 Å². The van der Waals surface area contributed by atoms with Crippen LogP contribution in [0.15, 0.2) is 47.4 Å². The molecule has 0 unspecified atom stereocenters. The van der Waals surface area contributed by atoms with Crippen molar-refractivity contribution in [2.75, 3.05) is 5.32 Å². The second-order valence-electron chi connectivity index (χ2n) is 7.75. The Morgan fingerprint density at radius 1 is 1.10 bits per heavy atom. The first-order chi connectivity index (χ1) is 13.8. The zero-order valence-electron chi connectivity index (χ0n) is 16.7. The van der Waals surface area contributed by atoms with Crippen LogP contribution in [0.4, 0.5) is 10.1 Å². The monoisotopic (exact) mass is 418 g/mol. The van der Waals surface area contributed by atoms with E-state index in [1.807, 2.05) is 6.92 Å². The van der Waals surface area contributed by atoms with Crippen LogP contribution < -0.4 is 10.0 Å². The molecule has 0 spiro atoms. The lowest BCUT2D eigenvalue weighted by Gasteiger charge is -2.28. The number of carbonyl (C=O) groups is 1. The van der Waals surface area contributed by atoms with Gasteiger partial charge in [0.05, 0.1) is 4.90 Å². The molecule has 2 aromatic rings. The predicted octanol–water partition coefficient (Wildman–Crippen LogP) is 4.63. The fourth-order valence-corrected chi connectivity index (χ4v) is 5.13. The zero-order chi connectivity index (χ0) is 21.0. The van der Waals surface area contributed by atoms with Crippen molar-refractivity contribution in [2.24, 2.45) is 5.92 Å². The second-order valence-corrected chi connectivity index (χ2v) is 9.47. The lowest BCUT2D eigenvalue weighted by Crippen LogP contribution is -2.38. The normalized spacial score (nSPS) is 16.4. The third-order valence-electron chi connectivity index (χ3n) is 5.52. The van der Waals surface area contributed by atoms with E-state index in [1.54, 1.807) is 19.1 Å². The SMILES string of the molecule is Cc1cc(NC(=O)c2cccc(S(=O)(=O)N[C@@H](C)C3CCCCC3)c2)ccc1F. The van der Waals surface area contributed by atoms with Gasteiger partial charge in [-0.05, 0) is 74.6 Å². The summed E-state index contributed by atoms with van der Waals surface area (Å²) < 4.78 is 41.8. The summed E-state index contributed by atoms with van der Waals surface area (Å²) in [6.07, 6.45) is 5.54. The molecule has 0 heterocycles. The minimum Gasteiger partial charge on any atom is -0.322 e. The molecule has 1 aliphatic rings. The quantitative estimate of drug-likeness (QED) is 0.718. The summed E-state index contributed by atoms with van der Waals surface area (Å²) in [6.45, 7) is 3.51. The second kappa shape index (κ2) is 9.05. The molecule has 3 rings (SSSR count). The summed E-state index contributed by atoms with van der Waals surface area (Å²) in [5.41, 5.74) is 1.09. The van der Waals surface area contributed by atoms with Gasteiger partial charge in [-0.2, -0.15) is 0 Å². The zero-order valence-corrected chi connectivity index (χ0v) is 17.6. The summed E-state index contributed by atoms with van der Waals surface area (Å²) in [4.78, 5) is 12.6. The highest BCUT2D eigenvalue weighted by molar-refractivity contribution is 7.89. The molecule has 0 saturated heterocycles. The van der Waals surface area contributed by atoms with Gasteiger partial charge in [-0.15, -0.1) is 0 Å². The lowest BCUT2D eigenvalue weighted by atomic mass is 9.85. The number of carbonyl (C=O) groups excluding carboxylic acids is 1. The maximum absolute atomic E-state index is 13.4. The maximum Gasteiger partial charge on any atom is 0.255 e. The Hall–Kier alpha value is -2.25. The number of benzene rings is 2. The van der Waals surface area contributed by atoms with E-state index in [4.69, 9.17) is 0 Å². The molecular weight excluding hydrogens is 391 g/mol. The highest BCUT2D eigenvalue weighted by Crippen LogP contribution is 2.27. The number of halogens is 1. The largest absolute Gasteiger partial charge is 0.322 e. The summed E-state index contributed by atoms with van der Waals surface area (Å²) >= 11 is 0. The van der Waals surface area contributed by atoms with Gasteiger partial charge in [0.1, 0.15) is 5.82 Å². The van der Waals surface area contributed by atoms with Crippen LogP contribution in [-0.2, 0) is 10.0 Å². The van der Waals surface area contributed by atoms with Gasteiger partial charge in [-0.1, -0.05) is 25.3 Å². The minimum absolute atomic E-state index is 0.0584. The van der Waals surface area contributed by atoms with Crippen LogP contribution in [0.1, 0.15) is 54.9 Å². The Morgan fingerprint density at radius 2 is 1.83 bits per heavy atom. The summed E-state index contributed by atoms with van der Waals surface area (Å²) in [5, 5.41) is 2.68. The van der Waals surface area contributed by atoms with Crippen molar-refractivity contribution < 1.29 is 17.6 Å². The Balaban J connectivity index is 1.73. The number of nitrogens with one attached hydrogen (secondary N) is 2. The van der Waals surface area contributed by atoms with Gasteiger partial charge in [0.2, 0.25) is 10.0 Å². The minimum atomic E-state index is -3.73. The molecule has 5 nitrogen and oxygen atoms in total. The Labute approximate surface area is 171 Å². The molecule has 2 aromatic carbocycles. The van der Waals surface area contributed by atoms with Gasteiger partial charge in [-0.25, -0.2) is 17.5 Å². The van der Waals surface area contributed by atoms with E-state index in [2.05, 4.69) is 10.0 Å². The van der Waals surface area contributed by atoms with E-state index in [-0.39, 0.29) is 22.3 Å². The number of hydrogen-bond acceptors (Lipinski definition) is 3. The first-order valence-electron chi connectivity index (χ1n) is 9.96. The molecule has 0 radical (unpaired) electrons. The highest BCUT2D eigenvalue weighted by Gasteiger charge is 2.25. The molecule has 1 fully saturated rings. The molecular formula is C22H27FN2O3S. The number of anilines is 1. The van der Waals surface area contributed by atoms with Gasteiger partial charge < -0.3 is 5.32 Å². The Bertz CT molecular complexity index is 985. The van der Waals surface area contributed by atoms with E-state index in [1.165, 1.54) is 36.8 Å². The van der Waals surface area contributed by atoms with E-state index in [0.29, 0.717) is 17.2 Å². The number of aryl methyl sites for hydroxylation is 1. The van der Waals surface area contributed by atoms with Crippen molar-refractivity contribution in [1.82, 2.24) is 4.72 Å². The fourth-order valence-electron chi connectivity index (χ4n) is 3.77. The van der Waals surface area contributed by atoms with Crippen molar-refractivity contribution in [3.63, 3.8) is 0 Å². The number of rotatable bonds is 6. The van der Waals surface area contributed by atoms with Crippen LogP contribution in [0.5, 0.6) is 0 Å². The van der Waals surface area contributed by atoms with Gasteiger partial charge in [-0.3, -0.25) is 4.79 Å². The van der Waals surface area contributed by atoms with Crippen molar-refractivity contribution >= 4 is 21.6 Å². The van der Waals surface area contributed by atoms with Crippen LogP contribution in [0.25, 0.3) is 0 Å². The third kappa shape index (κ3) is 5.42. The first kappa shape index (κ1) is 21.5. The molecule has 2 N–H and O–H groups in total. The fraction of sp³-hybridized carbons (Fsp3) is 0.409. The van der Waals surface area contributed by atoms with Crippen molar-refractivity contribution in [3.05, 3.63) is 59.4 Å². The number of hydrogen-bond donors (Lipinski definition) is 2. The molecule has 0 aliphatic heterocycles. The molecule has 156 valence electrons. The standard InChI is InChI=1S/C22H27FN2O3S/c1-15-13-19(11-12-21(15)23)24-22(26)18-9-6-10-20(14-18)29(27,28)25-16(2)17-7-4-3-5-8-17/h6,9-14,16-17,25H,3-5,7-8H2,1-2H3,(H,24,26)/t16-/m0/s1. The van der Waals surface area contributed by atoms with Gasteiger partial charge in [0, 0.05) is 17.3 Å². The van der Waals surface area contributed by atoms with Crippen LogP contribution in [0, 0.1) is 18.7 Å². The topological polar surface area (TPSA) is 75.3 Å². The Morgan fingerprint density at radius 3 is 2.52 bits per heavy atom. The van der Waals surface area contributed by atoms with Gasteiger partial charge in [0.25, 0.3) is 5.91 Å². The third-order valence-corrected chi connectivity index (χ3v) is 7.08. The lowest BCUT2D eigenvalue weighted by molar-refractivity contribution is 0.102. The average molecular weight is 419 g/mol. The van der Waals surface area contributed by atoms with Crippen molar-refractivity contribution in [1.29, 1.82) is 0 Å². The molecule has 0 aromatic heterocycles. The van der Waals surface area contributed by atoms with E-state index in [0.717, 1.165) is 25.7 Å². The molecule has 1 aliphatic carbocycles. The summed E-state index contributed by atoms with van der Waals surface area (Å²) in [5.74, 6) is -0.464. The van der Waals surface area contributed by atoms with E-state index >= 15 is 0 Å². The van der Waals surface area contributed by atoms with Crippen LogP contribution in [-0.4, -0.2) is 20.4 Å². The summed E-state index contributed by atoms with van der Waals surface area (Å²) in [6, 6.07) is 10.1. The van der Waals surface area contributed by atoms with Crippen LogP contribution in [0.3, 0.4) is 0 Å². The van der Waals surface area contributed by atoms with E-state index < -0.39 is 15.9 Å². The molecule has 1 saturated carbocycles. The molecule has 7 heteroatoms. The first-order valence-corrected chi connectivity index (χ1v) is 11.4. The van der Waals surface area contributed by atoms with Crippen LogP contribution in [0.2, 0.25) is 0 Å². The number of amides is 1. The van der Waals surface area contributed by atoms with Gasteiger partial charge >= 0.3 is 0 Å². The Kier molecular flexibility index (Phi) is 6.70. The molecule has 1 atom stereocenters. The molecule has 1 amide bonds. The maximum atomic E-state index is 13.4.